The van der Waals surface area contributed by atoms with Crippen LogP contribution in [0.25, 0.3) is 33.9 Å². The monoisotopic (exact) mass is 512 g/mol. The summed E-state index contributed by atoms with van der Waals surface area (Å²) in [6.07, 6.45) is 0. The quantitative estimate of drug-likeness (QED) is 0.281. The second-order valence-corrected chi connectivity index (χ2v) is 7.79. The van der Waals surface area contributed by atoms with E-state index < -0.39 is 0 Å². The summed E-state index contributed by atoms with van der Waals surface area (Å²) in [5.41, 5.74) is 5.09. The molecule has 126 valence electrons. The average molecular weight is 513 g/mol. The summed E-state index contributed by atoms with van der Waals surface area (Å²) in [7, 11) is 0. The van der Waals surface area contributed by atoms with Crippen molar-refractivity contribution in [3.63, 3.8) is 0 Å². The van der Waals surface area contributed by atoms with Crippen LogP contribution in [-0.4, -0.2) is 9.97 Å². The molecule has 26 heavy (non-hydrogen) atoms. The third-order valence-corrected chi connectivity index (χ3v) is 5.60. The van der Waals surface area contributed by atoms with Crippen LogP contribution in [0.4, 0.5) is 0 Å². The highest BCUT2D eigenvalue weighted by Crippen LogP contribution is 2.33. The zero-order chi connectivity index (χ0) is 17.9. The summed E-state index contributed by atoms with van der Waals surface area (Å²) in [5, 5.41) is 0. The number of hydrogen-bond acceptors (Lipinski definition) is 2. The molecule has 0 aliphatic carbocycles. The first-order valence-corrected chi connectivity index (χ1v) is 10.0. The van der Waals surface area contributed by atoms with Gasteiger partial charge in [-0.1, -0.05) is 88.7 Å². The lowest BCUT2D eigenvalue weighted by Crippen LogP contribution is -2.00. The molecule has 2 nitrogen and oxygen atoms in total. The third kappa shape index (κ3) is 3.57. The van der Waals surface area contributed by atoms with E-state index in [0.29, 0.717) is 0 Å². The molecule has 0 atom stereocenters. The van der Waals surface area contributed by atoms with Gasteiger partial charge in [0.1, 0.15) is 0 Å². The molecule has 0 aliphatic rings. The molecule has 3 aromatic carbocycles. The van der Waals surface area contributed by atoms with E-state index in [9.17, 15) is 0 Å². The summed E-state index contributed by atoms with van der Waals surface area (Å²) in [6, 6.07) is 28.6. The largest absolute Gasteiger partial charge is 0.227 e. The maximum atomic E-state index is 4.89. The minimum atomic E-state index is 0.739. The molecule has 0 spiro atoms. The highest BCUT2D eigenvalue weighted by molar-refractivity contribution is 14.1. The lowest BCUT2D eigenvalue weighted by Gasteiger charge is -2.12. The number of rotatable bonds is 3. The van der Waals surface area contributed by atoms with Gasteiger partial charge in [-0.25, -0.2) is 9.97 Å². The Hall–Kier alpha value is -2.05. The van der Waals surface area contributed by atoms with Crippen molar-refractivity contribution in [1.82, 2.24) is 9.97 Å². The van der Waals surface area contributed by atoms with Crippen LogP contribution in [0, 0.1) is 3.57 Å². The lowest BCUT2D eigenvalue weighted by molar-refractivity contribution is 1.17. The number of benzene rings is 3. The highest BCUT2D eigenvalue weighted by Gasteiger charge is 2.16. The Labute approximate surface area is 174 Å². The van der Waals surface area contributed by atoms with Crippen molar-refractivity contribution >= 4 is 38.5 Å². The van der Waals surface area contributed by atoms with Crippen LogP contribution in [0.5, 0.6) is 0 Å². The summed E-state index contributed by atoms with van der Waals surface area (Å²) >= 11 is 5.86. The van der Waals surface area contributed by atoms with Crippen molar-refractivity contribution in [1.29, 1.82) is 0 Å². The molecule has 1 heterocycles. The Morgan fingerprint density at radius 1 is 0.577 bits per heavy atom. The molecule has 0 saturated carbocycles. The fourth-order valence-corrected chi connectivity index (χ4v) is 3.88. The Morgan fingerprint density at radius 2 is 1.04 bits per heavy atom. The van der Waals surface area contributed by atoms with E-state index in [1.807, 2.05) is 60.7 Å². The fraction of sp³-hybridized carbons (Fsp3) is 0. The Balaban J connectivity index is 1.97. The molecule has 0 fully saturated rings. The highest BCUT2D eigenvalue weighted by atomic mass is 127. The van der Waals surface area contributed by atoms with Crippen LogP contribution in [0.1, 0.15) is 0 Å². The third-order valence-electron chi connectivity index (χ3n) is 4.05. The fourth-order valence-electron chi connectivity index (χ4n) is 2.75. The summed E-state index contributed by atoms with van der Waals surface area (Å²) in [4.78, 5) is 9.78. The topological polar surface area (TPSA) is 25.8 Å². The first-order chi connectivity index (χ1) is 12.7. The molecule has 0 saturated heterocycles. The molecule has 0 aliphatic heterocycles. The molecule has 4 aromatic rings. The van der Waals surface area contributed by atoms with Crippen molar-refractivity contribution in [3.05, 3.63) is 93.0 Å². The standard InChI is InChI=1S/C22H14BrIN2/c23-18-13-11-16(12-14-18)21-19(24)20(15-7-3-1-4-8-15)25-22(26-21)17-9-5-2-6-10-17/h1-14H. The smallest absolute Gasteiger partial charge is 0.160 e. The van der Waals surface area contributed by atoms with E-state index in [1.54, 1.807) is 0 Å². The maximum Gasteiger partial charge on any atom is 0.160 e. The SMILES string of the molecule is Brc1ccc(-c2nc(-c3ccccc3)nc(-c3ccccc3)c2I)cc1. The summed E-state index contributed by atoms with van der Waals surface area (Å²) in [6.45, 7) is 0. The second kappa shape index (κ2) is 7.68. The number of aromatic nitrogens is 2. The number of nitrogens with zero attached hydrogens (tertiary/aromatic N) is 2. The molecular weight excluding hydrogens is 499 g/mol. The predicted molar refractivity (Wildman–Crippen MR) is 119 cm³/mol. The minimum Gasteiger partial charge on any atom is -0.227 e. The number of halogens is 2. The van der Waals surface area contributed by atoms with Crippen molar-refractivity contribution in [2.24, 2.45) is 0 Å². The van der Waals surface area contributed by atoms with Crippen LogP contribution >= 0.6 is 38.5 Å². The van der Waals surface area contributed by atoms with Crippen LogP contribution in [0.15, 0.2) is 89.4 Å². The number of hydrogen-bond donors (Lipinski definition) is 0. The molecule has 0 N–H and O–H groups in total. The van der Waals surface area contributed by atoms with Gasteiger partial charge in [-0.3, -0.25) is 0 Å². The van der Waals surface area contributed by atoms with Crippen LogP contribution < -0.4 is 0 Å². The molecule has 4 rings (SSSR count). The van der Waals surface area contributed by atoms with Gasteiger partial charge in [-0.2, -0.15) is 0 Å². The first-order valence-electron chi connectivity index (χ1n) is 8.17. The van der Waals surface area contributed by atoms with Gasteiger partial charge in [0.2, 0.25) is 0 Å². The van der Waals surface area contributed by atoms with Crippen LogP contribution in [-0.2, 0) is 0 Å². The van der Waals surface area contributed by atoms with Crippen molar-refractivity contribution in [3.8, 4) is 33.9 Å². The van der Waals surface area contributed by atoms with Gasteiger partial charge in [0, 0.05) is 21.2 Å². The second-order valence-electron chi connectivity index (χ2n) is 5.80. The maximum absolute atomic E-state index is 4.89. The molecular formula is C22H14BrIN2. The van der Waals surface area contributed by atoms with E-state index in [4.69, 9.17) is 9.97 Å². The van der Waals surface area contributed by atoms with E-state index in [2.05, 4.69) is 62.8 Å². The molecule has 0 radical (unpaired) electrons. The first kappa shape index (κ1) is 17.4. The van der Waals surface area contributed by atoms with E-state index >= 15 is 0 Å². The summed E-state index contributed by atoms with van der Waals surface area (Å²) < 4.78 is 2.10. The van der Waals surface area contributed by atoms with Crippen molar-refractivity contribution < 1.29 is 0 Å². The molecule has 0 unspecified atom stereocenters. The van der Waals surface area contributed by atoms with Crippen LogP contribution in [0.2, 0.25) is 0 Å². The molecule has 0 amide bonds. The lowest BCUT2D eigenvalue weighted by atomic mass is 10.1. The average Bonchev–Trinajstić information content (AvgIpc) is 2.70. The molecule has 4 heteroatoms. The van der Waals surface area contributed by atoms with Crippen molar-refractivity contribution in [2.45, 2.75) is 0 Å². The van der Waals surface area contributed by atoms with Gasteiger partial charge in [-0.05, 0) is 34.7 Å². The Morgan fingerprint density at radius 3 is 1.58 bits per heavy atom. The summed E-state index contributed by atoms with van der Waals surface area (Å²) in [5.74, 6) is 0.739. The van der Waals surface area contributed by atoms with Gasteiger partial charge < -0.3 is 0 Å². The van der Waals surface area contributed by atoms with Gasteiger partial charge >= 0.3 is 0 Å². The van der Waals surface area contributed by atoms with E-state index in [0.717, 1.165) is 41.9 Å². The van der Waals surface area contributed by atoms with E-state index in [1.165, 1.54) is 0 Å². The van der Waals surface area contributed by atoms with Crippen molar-refractivity contribution in [2.75, 3.05) is 0 Å². The van der Waals surface area contributed by atoms with E-state index in [-0.39, 0.29) is 0 Å². The van der Waals surface area contributed by atoms with Gasteiger partial charge in [-0.15, -0.1) is 0 Å². The minimum absolute atomic E-state index is 0.739. The molecule has 0 bridgehead atoms. The van der Waals surface area contributed by atoms with Gasteiger partial charge in [0.15, 0.2) is 5.82 Å². The zero-order valence-corrected chi connectivity index (χ0v) is 17.5. The zero-order valence-electron chi connectivity index (χ0n) is 13.7. The van der Waals surface area contributed by atoms with Gasteiger partial charge in [0.05, 0.1) is 15.0 Å². The van der Waals surface area contributed by atoms with Crippen LogP contribution in [0.3, 0.4) is 0 Å². The Kier molecular flexibility index (Phi) is 5.13. The Bertz CT molecular complexity index is 1030. The predicted octanol–water partition coefficient (Wildman–Crippen LogP) is 6.84. The molecule has 1 aromatic heterocycles. The van der Waals surface area contributed by atoms with Gasteiger partial charge in [0.25, 0.3) is 0 Å². The normalized spacial score (nSPS) is 10.7.